The third-order valence-electron chi connectivity index (χ3n) is 5.22. The van der Waals surface area contributed by atoms with Crippen LogP contribution in [0.25, 0.3) is 0 Å². The smallest absolute Gasteiger partial charge is 0.168 e. The molecule has 0 aliphatic heterocycles. The summed E-state index contributed by atoms with van der Waals surface area (Å²) in [6.07, 6.45) is 5.25. The van der Waals surface area contributed by atoms with Gasteiger partial charge in [-0.3, -0.25) is 9.59 Å². The van der Waals surface area contributed by atoms with Crippen molar-refractivity contribution in [2.75, 3.05) is 0 Å². The first-order chi connectivity index (χ1) is 9.01. The molecule has 4 rings (SSSR count). The van der Waals surface area contributed by atoms with Crippen LogP contribution in [0.5, 0.6) is 0 Å². The van der Waals surface area contributed by atoms with Crippen molar-refractivity contribution in [3.8, 4) is 0 Å². The Morgan fingerprint density at radius 2 is 1.95 bits per heavy atom. The van der Waals surface area contributed by atoms with Gasteiger partial charge in [-0.2, -0.15) is 0 Å². The highest BCUT2D eigenvalue weighted by molar-refractivity contribution is 6.17. The van der Waals surface area contributed by atoms with E-state index < -0.39 is 0 Å². The van der Waals surface area contributed by atoms with E-state index in [9.17, 15) is 9.59 Å². The Morgan fingerprint density at radius 1 is 1.16 bits per heavy atom. The van der Waals surface area contributed by atoms with E-state index in [1.54, 1.807) is 0 Å². The molecule has 0 radical (unpaired) electrons. The number of aryl methyl sites for hydroxylation is 1. The summed E-state index contributed by atoms with van der Waals surface area (Å²) in [4.78, 5) is 25.5. The average Bonchev–Trinajstić information content (AvgIpc) is 2.89. The Labute approximate surface area is 112 Å². The summed E-state index contributed by atoms with van der Waals surface area (Å²) in [5.74, 6) is 0.373. The minimum Gasteiger partial charge on any atom is -0.294 e. The van der Waals surface area contributed by atoms with Gasteiger partial charge in [-0.1, -0.05) is 36.8 Å². The van der Waals surface area contributed by atoms with Gasteiger partial charge in [-0.15, -0.1) is 0 Å². The van der Waals surface area contributed by atoms with E-state index in [1.165, 1.54) is 0 Å². The van der Waals surface area contributed by atoms with Crippen molar-refractivity contribution in [3.63, 3.8) is 0 Å². The van der Waals surface area contributed by atoms with E-state index in [4.69, 9.17) is 0 Å². The van der Waals surface area contributed by atoms with Crippen molar-refractivity contribution in [1.29, 1.82) is 0 Å². The van der Waals surface area contributed by atoms with Crippen LogP contribution in [0, 0.1) is 30.1 Å². The molecular weight excluding hydrogens is 236 g/mol. The summed E-state index contributed by atoms with van der Waals surface area (Å²) in [5.41, 5.74) is 2.23. The van der Waals surface area contributed by atoms with Gasteiger partial charge < -0.3 is 0 Å². The number of hydrogen-bond acceptors (Lipinski definition) is 2. The maximum Gasteiger partial charge on any atom is 0.168 e. The predicted octanol–water partition coefficient (Wildman–Crippen LogP) is 3.20. The van der Waals surface area contributed by atoms with Crippen LogP contribution in [0.2, 0.25) is 0 Å². The van der Waals surface area contributed by atoms with E-state index in [1.807, 2.05) is 25.1 Å². The van der Waals surface area contributed by atoms with Crippen molar-refractivity contribution in [2.24, 2.45) is 23.2 Å². The molecule has 4 unspecified atom stereocenters. The topological polar surface area (TPSA) is 34.1 Å². The molecule has 0 saturated heterocycles. The molecule has 2 nitrogen and oxygen atoms in total. The number of Topliss-reactive ketones (excluding diaryl/α,β-unsaturated/α-hetero) is 2. The lowest BCUT2D eigenvalue weighted by Crippen LogP contribution is -2.42. The number of allylic oxidation sites excluding steroid dienone is 2. The monoisotopic (exact) mass is 252 g/mol. The molecule has 4 atom stereocenters. The van der Waals surface area contributed by atoms with Gasteiger partial charge in [0.05, 0.1) is 0 Å². The second-order valence-electron chi connectivity index (χ2n) is 6.51. The van der Waals surface area contributed by atoms with Crippen molar-refractivity contribution in [1.82, 2.24) is 0 Å². The number of carbonyl (C=O) groups is 2. The van der Waals surface area contributed by atoms with Crippen molar-refractivity contribution < 1.29 is 9.59 Å². The summed E-state index contributed by atoms with van der Waals surface area (Å²) in [5, 5.41) is 0. The van der Waals surface area contributed by atoms with Crippen LogP contribution in [0.15, 0.2) is 30.4 Å². The fourth-order valence-corrected chi connectivity index (χ4v) is 4.35. The number of ketones is 2. The lowest BCUT2D eigenvalue weighted by atomic mass is 9.65. The zero-order chi connectivity index (χ0) is 13.4. The largest absolute Gasteiger partial charge is 0.294 e. The quantitative estimate of drug-likeness (QED) is 0.664. The molecule has 1 aromatic rings. The van der Waals surface area contributed by atoms with Crippen LogP contribution >= 0.6 is 0 Å². The molecule has 0 N–H and O–H groups in total. The highest BCUT2D eigenvalue weighted by Crippen LogP contribution is 2.59. The van der Waals surface area contributed by atoms with Gasteiger partial charge in [0, 0.05) is 23.0 Å². The lowest BCUT2D eigenvalue weighted by Gasteiger charge is -2.36. The van der Waals surface area contributed by atoms with Crippen LogP contribution in [0.4, 0.5) is 0 Å². The van der Waals surface area contributed by atoms with E-state index >= 15 is 0 Å². The van der Waals surface area contributed by atoms with Crippen molar-refractivity contribution >= 4 is 11.6 Å². The molecule has 3 aliphatic carbocycles. The third-order valence-corrected chi connectivity index (χ3v) is 5.22. The summed E-state index contributed by atoms with van der Waals surface area (Å²) in [6.45, 7) is 4.09. The van der Waals surface area contributed by atoms with Gasteiger partial charge in [0.1, 0.15) is 0 Å². The molecular formula is C17H16O2. The van der Waals surface area contributed by atoms with Crippen LogP contribution in [-0.4, -0.2) is 11.6 Å². The van der Waals surface area contributed by atoms with Gasteiger partial charge >= 0.3 is 0 Å². The molecule has 0 spiro atoms. The Kier molecular flexibility index (Phi) is 1.90. The Hall–Kier alpha value is -1.70. The molecule has 19 heavy (non-hydrogen) atoms. The molecule has 3 aliphatic rings. The second-order valence-corrected chi connectivity index (χ2v) is 6.51. The summed E-state index contributed by atoms with van der Waals surface area (Å²) in [7, 11) is 0. The van der Waals surface area contributed by atoms with E-state index in [-0.39, 0.29) is 34.7 Å². The lowest BCUT2D eigenvalue weighted by molar-refractivity contribution is 0.0676. The van der Waals surface area contributed by atoms with E-state index in [0.717, 1.165) is 12.0 Å². The minimum absolute atomic E-state index is 0.106. The van der Waals surface area contributed by atoms with Crippen LogP contribution < -0.4 is 0 Å². The fraction of sp³-hybridized carbons (Fsp3) is 0.412. The van der Waals surface area contributed by atoms with Gasteiger partial charge in [0.2, 0.25) is 0 Å². The highest BCUT2D eigenvalue weighted by atomic mass is 16.1. The van der Waals surface area contributed by atoms with Crippen LogP contribution in [0.1, 0.15) is 39.6 Å². The molecule has 2 heteroatoms. The molecule has 1 fully saturated rings. The summed E-state index contributed by atoms with van der Waals surface area (Å²) < 4.78 is 0. The molecule has 1 saturated carbocycles. The molecule has 2 bridgehead atoms. The minimum atomic E-state index is -0.134. The van der Waals surface area contributed by atoms with E-state index in [0.29, 0.717) is 11.1 Å². The maximum atomic E-state index is 12.8. The van der Waals surface area contributed by atoms with Gasteiger partial charge in [-0.05, 0) is 30.7 Å². The van der Waals surface area contributed by atoms with Gasteiger partial charge in [0.25, 0.3) is 0 Å². The zero-order valence-corrected chi connectivity index (χ0v) is 11.1. The Bertz CT molecular complexity index is 655. The zero-order valence-electron chi connectivity index (χ0n) is 11.1. The SMILES string of the molecule is Cc1ccc2c(c1)C(=O)C1C3C=CC(C)(C3)C1C2=O. The van der Waals surface area contributed by atoms with Crippen LogP contribution in [-0.2, 0) is 0 Å². The first kappa shape index (κ1) is 11.2. The highest BCUT2D eigenvalue weighted by Gasteiger charge is 2.60. The number of rotatable bonds is 0. The first-order valence-electron chi connectivity index (χ1n) is 6.90. The second kappa shape index (κ2) is 3.24. The number of benzene rings is 1. The molecule has 0 heterocycles. The predicted molar refractivity (Wildman–Crippen MR) is 72.2 cm³/mol. The average molecular weight is 252 g/mol. The van der Waals surface area contributed by atoms with Crippen molar-refractivity contribution in [3.05, 3.63) is 47.0 Å². The molecule has 0 amide bonds. The molecule has 1 aromatic carbocycles. The summed E-state index contributed by atoms with van der Waals surface area (Å²) in [6, 6.07) is 5.64. The van der Waals surface area contributed by atoms with Crippen molar-refractivity contribution in [2.45, 2.75) is 20.3 Å². The van der Waals surface area contributed by atoms with Gasteiger partial charge in [-0.25, -0.2) is 0 Å². The van der Waals surface area contributed by atoms with E-state index in [2.05, 4.69) is 19.1 Å². The number of carbonyl (C=O) groups excluding carboxylic acids is 2. The Balaban J connectivity index is 1.95. The number of hydrogen-bond donors (Lipinski definition) is 0. The molecule has 96 valence electrons. The third kappa shape index (κ3) is 1.22. The van der Waals surface area contributed by atoms with Crippen LogP contribution in [0.3, 0.4) is 0 Å². The standard InChI is InChI=1S/C17H16O2/c1-9-3-4-11-12(7-9)15(18)13-10-5-6-17(2,8-10)14(13)16(11)19/h3-7,10,13-14H,8H2,1-2H3. The molecule has 0 aromatic heterocycles. The first-order valence-corrected chi connectivity index (χ1v) is 6.90. The number of fused-ring (bicyclic) bond motifs is 6. The maximum absolute atomic E-state index is 12.8. The fourth-order valence-electron chi connectivity index (χ4n) is 4.35. The van der Waals surface area contributed by atoms with Gasteiger partial charge in [0.15, 0.2) is 11.6 Å². The normalized spacial score (nSPS) is 38.5. The summed E-state index contributed by atoms with van der Waals surface area (Å²) >= 11 is 0. The Morgan fingerprint density at radius 3 is 2.74 bits per heavy atom.